The van der Waals surface area contributed by atoms with Gasteiger partial charge in [-0.3, -0.25) is 9.80 Å². The van der Waals surface area contributed by atoms with Crippen LogP contribution in [0.4, 0.5) is 5.69 Å². The van der Waals surface area contributed by atoms with Gasteiger partial charge in [-0.05, 0) is 67.6 Å². The highest BCUT2D eigenvalue weighted by Crippen LogP contribution is 2.27. The normalized spacial score (nSPS) is 20.1. The number of para-hydroxylation sites is 1. The lowest BCUT2D eigenvalue weighted by molar-refractivity contribution is 0.145. The van der Waals surface area contributed by atoms with Crippen molar-refractivity contribution >= 4 is 5.69 Å². The van der Waals surface area contributed by atoms with Crippen LogP contribution in [0.2, 0.25) is 0 Å². The Morgan fingerprint density at radius 1 is 0.966 bits per heavy atom. The Kier molecular flexibility index (Phi) is 6.73. The third kappa shape index (κ3) is 5.12. The van der Waals surface area contributed by atoms with E-state index in [0.29, 0.717) is 11.8 Å². The van der Waals surface area contributed by atoms with Crippen molar-refractivity contribution in [2.24, 2.45) is 0 Å². The van der Waals surface area contributed by atoms with E-state index in [1.165, 1.54) is 36.2 Å². The van der Waals surface area contributed by atoms with Crippen molar-refractivity contribution in [1.29, 1.82) is 0 Å². The van der Waals surface area contributed by atoms with Crippen LogP contribution in [0.1, 0.15) is 30.9 Å². The maximum Gasteiger partial charge on any atom is 0.115 e. The minimum absolute atomic E-state index is 0.405. The van der Waals surface area contributed by atoms with E-state index in [4.69, 9.17) is 0 Å². The monoisotopic (exact) mass is 393 g/mol. The van der Waals surface area contributed by atoms with Crippen molar-refractivity contribution in [3.63, 3.8) is 0 Å². The Labute approximate surface area is 175 Å². The lowest BCUT2D eigenvalue weighted by atomic mass is 9.87. The zero-order valence-electron chi connectivity index (χ0n) is 17.8. The molecule has 0 bridgehead atoms. The fourth-order valence-corrected chi connectivity index (χ4v) is 4.94. The number of nitrogens with zero attached hydrogens (tertiary/aromatic N) is 3. The molecule has 2 aromatic carbocycles. The summed E-state index contributed by atoms with van der Waals surface area (Å²) in [6.45, 7) is 10.3. The maximum atomic E-state index is 9.87. The summed E-state index contributed by atoms with van der Waals surface area (Å²) in [5.41, 5.74) is 4.12. The van der Waals surface area contributed by atoms with Crippen molar-refractivity contribution < 1.29 is 5.11 Å². The van der Waals surface area contributed by atoms with Crippen LogP contribution in [0.3, 0.4) is 0 Å². The first-order valence-electron chi connectivity index (χ1n) is 11.3. The molecule has 156 valence electrons. The van der Waals surface area contributed by atoms with Crippen molar-refractivity contribution in [1.82, 2.24) is 9.80 Å². The van der Waals surface area contributed by atoms with E-state index in [1.807, 2.05) is 12.1 Å². The van der Waals surface area contributed by atoms with Gasteiger partial charge in [0.2, 0.25) is 0 Å². The second kappa shape index (κ2) is 9.64. The highest BCUT2D eigenvalue weighted by molar-refractivity contribution is 5.46. The molecule has 1 unspecified atom stereocenters. The molecule has 4 nitrogen and oxygen atoms in total. The summed E-state index contributed by atoms with van der Waals surface area (Å²) in [6.07, 6.45) is 4.65. The molecule has 0 amide bonds. The Morgan fingerprint density at radius 2 is 1.76 bits per heavy atom. The van der Waals surface area contributed by atoms with Crippen LogP contribution in [0.5, 0.6) is 5.75 Å². The maximum absolute atomic E-state index is 9.87. The predicted octanol–water partition coefficient (Wildman–Crippen LogP) is 3.78. The van der Waals surface area contributed by atoms with Crippen molar-refractivity contribution in [3.8, 4) is 5.75 Å². The number of rotatable bonds is 7. The van der Waals surface area contributed by atoms with E-state index in [9.17, 15) is 5.11 Å². The summed E-state index contributed by atoms with van der Waals surface area (Å²) in [7, 11) is 0. The van der Waals surface area contributed by atoms with Gasteiger partial charge >= 0.3 is 0 Å². The van der Waals surface area contributed by atoms with Crippen LogP contribution in [-0.4, -0.2) is 66.8 Å². The highest BCUT2D eigenvalue weighted by atomic mass is 16.3. The Bertz CT molecular complexity index is 771. The van der Waals surface area contributed by atoms with Gasteiger partial charge in [-0.1, -0.05) is 31.2 Å². The third-order valence-corrected chi connectivity index (χ3v) is 6.62. The predicted molar refractivity (Wildman–Crippen MR) is 121 cm³/mol. The summed E-state index contributed by atoms with van der Waals surface area (Å²) >= 11 is 0. The first-order chi connectivity index (χ1) is 14.2. The standard InChI is InChI=1S/C25H35N3O/c1-2-12-27(24-10-8-21-9-11-25(29)20-22(21)19-24)16-13-26-14-17-28(18-15-26)23-6-4-3-5-7-23/h3-7,9,11,20,24,29H,2,8,10,12-19H2,1H3. The summed E-state index contributed by atoms with van der Waals surface area (Å²) in [4.78, 5) is 7.84. The molecular weight excluding hydrogens is 358 g/mol. The third-order valence-electron chi connectivity index (χ3n) is 6.62. The van der Waals surface area contributed by atoms with Crippen LogP contribution >= 0.6 is 0 Å². The SMILES string of the molecule is CCCN(CCN1CCN(c2ccccc2)CC1)C1CCc2ccc(O)cc2C1. The zero-order chi connectivity index (χ0) is 20.1. The minimum atomic E-state index is 0.405. The Balaban J connectivity index is 1.29. The van der Waals surface area contributed by atoms with E-state index in [2.05, 4.69) is 58.0 Å². The smallest absolute Gasteiger partial charge is 0.115 e. The van der Waals surface area contributed by atoms with E-state index in [0.717, 1.165) is 52.1 Å². The molecule has 1 N–H and O–H groups in total. The summed E-state index contributed by atoms with van der Waals surface area (Å²) in [6, 6.07) is 17.3. The van der Waals surface area contributed by atoms with Gasteiger partial charge in [0.25, 0.3) is 0 Å². The van der Waals surface area contributed by atoms with Gasteiger partial charge in [-0.25, -0.2) is 0 Å². The average molecular weight is 394 g/mol. The first kappa shape index (κ1) is 20.2. The fourth-order valence-electron chi connectivity index (χ4n) is 4.94. The molecule has 1 fully saturated rings. The largest absolute Gasteiger partial charge is 0.508 e. The molecule has 1 atom stereocenters. The molecule has 1 saturated heterocycles. The lowest BCUT2D eigenvalue weighted by Gasteiger charge is -2.39. The molecule has 2 aliphatic rings. The van der Waals surface area contributed by atoms with Crippen molar-refractivity contribution in [3.05, 3.63) is 59.7 Å². The fraction of sp³-hybridized carbons (Fsp3) is 0.520. The van der Waals surface area contributed by atoms with Crippen LogP contribution in [0, 0.1) is 0 Å². The molecule has 0 spiro atoms. The quantitative estimate of drug-likeness (QED) is 0.775. The molecule has 2 aromatic rings. The van der Waals surface area contributed by atoms with Gasteiger partial charge in [-0.15, -0.1) is 0 Å². The van der Waals surface area contributed by atoms with Gasteiger partial charge in [-0.2, -0.15) is 0 Å². The molecule has 1 aliphatic heterocycles. The van der Waals surface area contributed by atoms with Crippen molar-refractivity contribution in [2.45, 2.75) is 38.6 Å². The number of hydrogen-bond acceptors (Lipinski definition) is 4. The number of piperazine rings is 1. The molecule has 0 aromatic heterocycles. The summed E-state index contributed by atoms with van der Waals surface area (Å²) in [5.74, 6) is 0.405. The molecule has 4 heteroatoms. The van der Waals surface area contributed by atoms with Gasteiger partial charge in [0, 0.05) is 51.0 Å². The second-order valence-corrected chi connectivity index (χ2v) is 8.55. The van der Waals surface area contributed by atoms with Crippen LogP contribution in [0.15, 0.2) is 48.5 Å². The second-order valence-electron chi connectivity index (χ2n) is 8.55. The molecule has 1 aliphatic carbocycles. The van der Waals surface area contributed by atoms with E-state index in [1.54, 1.807) is 0 Å². The number of aryl methyl sites for hydroxylation is 1. The van der Waals surface area contributed by atoms with Gasteiger partial charge < -0.3 is 10.0 Å². The number of phenolic OH excluding ortho intramolecular Hbond substituents is 1. The topological polar surface area (TPSA) is 30.0 Å². The molecular formula is C25H35N3O. The van der Waals surface area contributed by atoms with Gasteiger partial charge in [0.05, 0.1) is 0 Å². The first-order valence-corrected chi connectivity index (χ1v) is 11.3. The molecule has 0 saturated carbocycles. The number of phenols is 1. The molecule has 29 heavy (non-hydrogen) atoms. The minimum Gasteiger partial charge on any atom is -0.508 e. The van der Waals surface area contributed by atoms with E-state index < -0.39 is 0 Å². The zero-order valence-corrected chi connectivity index (χ0v) is 17.8. The number of fused-ring (bicyclic) bond motifs is 1. The molecule has 1 heterocycles. The summed E-state index contributed by atoms with van der Waals surface area (Å²) in [5, 5.41) is 9.87. The number of hydrogen-bond donors (Lipinski definition) is 1. The number of benzene rings is 2. The summed E-state index contributed by atoms with van der Waals surface area (Å²) < 4.78 is 0. The van der Waals surface area contributed by atoms with Crippen LogP contribution < -0.4 is 4.90 Å². The average Bonchev–Trinajstić information content (AvgIpc) is 2.77. The number of anilines is 1. The van der Waals surface area contributed by atoms with E-state index in [-0.39, 0.29) is 0 Å². The number of aromatic hydroxyl groups is 1. The van der Waals surface area contributed by atoms with Crippen LogP contribution in [-0.2, 0) is 12.8 Å². The highest BCUT2D eigenvalue weighted by Gasteiger charge is 2.25. The van der Waals surface area contributed by atoms with Gasteiger partial charge in [0.15, 0.2) is 0 Å². The Hall–Kier alpha value is -2.04. The molecule has 4 rings (SSSR count). The van der Waals surface area contributed by atoms with Crippen molar-refractivity contribution in [2.75, 3.05) is 50.7 Å². The van der Waals surface area contributed by atoms with Crippen LogP contribution in [0.25, 0.3) is 0 Å². The van der Waals surface area contributed by atoms with E-state index >= 15 is 0 Å². The van der Waals surface area contributed by atoms with Gasteiger partial charge in [0.1, 0.15) is 5.75 Å². The molecule has 0 radical (unpaired) electrons. The lowest BCUT2D eigenvalue weighted by Crippen LogP contribution is -2.50. The Morgan fingerprint density at radius 3 is 2.52 bits per heavy atom.